The molecule has 1 aliphatic rings. The molecule has 0 saturated carbocycles. The predicted octanol–water partition coefficient (Wildman–Crippen LogP) is 2.06. The van der Waals surface area contributed by atoms with E-state index in [9.17, 15) is 4.79 Å². The SMILES string of the molecule is CCOC(=O)CCCCCCNC(=NC)N1CCC(COCCOC)C1. The van der Waals surface area contributed by atoms with Crippen LogP contribution in [0.25, 0.3) is 0 Å². The Morgan fingerprint density at radius 2 is 2.04 bits per heavy atom. The Morgan fingerprint density at radius 1 is 1.23 bits per heavy atom. The van der Waals surface area contributed by atoms with Crippen LogP contribution in [0.4, 0.5) is 0 Å². The predicted molar refractivity (Wildman–Crippen MR) is 103 cm³/mol. The number of hydrogen-bond acceptors (Lipinski definition) is 5. The van der Waals surface area contributed by atoms with Crippen molar-refractivity contribution in [2.75, 3.05) is 60.2 Å². The number of methoxy groups -OCH3 is 1. The lowest BCUT2D eigenvalue weighted by Gasteiger charge is -2.21. The topological polar surface area (TPSA) is 72.4 Å². The first-order valence-corrected chi connectivity index (χ1v) is 9.89. The third-order valence-electron chi connectivity index (χ3n) is 4.48. The summed E-state index contributed by atoms with van der Waals surface area (Å²) in [6, 6.07) is 0. The maximum Gasteiger partial charge on any atom is 0.305 e. The van der Waals surface area contributed by atoms with Gasteiger partial charge in [-0.05, 0) is 26.2 Å². The van der Waals surface area contributed by atoms with Crippen LogP contribution in [-0.2, 0) is 19.0 Å². The molecule has 0 bridgehead atoms. The number of ether oxygens (including phenoxy) is 3. The van der Waals surface area contributed by atoms with Gasteiger partial charge < -0.3 is 24.4 Å². The molecule has 26 heavy (non-hydrogen) atoms. The van der Waals surface area contributed by atoms with Crippen molar-refractivity contribution in [2.24, 2.45) is 10.9 Å². The van der Waals surface area contributed by atoms with Gasteiger partial charge in [-0.15, -0.1) is 0 Å². The van der Waals surface area contributed by atoms with Crippen LogP contribution < -0.4 is 5.32 Å². The fraction of sp³-hybridized carbons (Fsp3) is 0.895. The largest absolute Gasteiger partial charge is 0.466 e. The molecular formula is C19H37N3O4. The lowest BCUT2D eigenvalue weighted by molar-refractivity contribution is -0.143. The highest BCUT2D eigenvalue weighted by Crippen LogP contribution is 2.16. The minimum atomic E-state index is -0.0826. The lowest BCUT2D eigenvalue weighted by atomic mass is 10.1. The highest BCUT2D eigenvalue weighted by Gasteiger charge is 2.24. The summed E-state index contributed by atoms with van der Waals surface area (Å²) < 4.78 is 15.6. The minimum absolute atomic E-state index is 0.0826. The fourth-order valence-corrected chi connectivity index (χ4v) is 3.07. The lowest BCUT2D eigenvalue weighted by Crippen LogP contribution is -2.40. The molecule has 1 saturated heterocycles. The van der Waals surface area contributed by atoms with Gasteiger partial charge in [-0.25, -0.2) is 0 Å². The van der Waals surface area contributed by atoms with Crippen molar-refractivity contribution < 1.29 is 19.0 Å². The smallest absolute Gasteiger partial charge is 0.305 e. The highest BCUT2D eigenvalue weighted by molar-refractivity contribution is 5.80. The molecule has 1 atom stereocenters. The molecule has 0 aliphatic carbocycles. The molecule has 1 aliphatic heterocycles. The number of likely N-dealkylation sites (tertiary alicyclic amines) is 1. The number of nitrogens with one attached hydrogen (secondary N) is 1. The Labute approximate surface area is 158 Å². The van der Waals surface area contributed by atoms with Gasteiger partial charge in [0.15, 0.2) is 5.96 Å². The molecule has 0 aromatic rings. The number of hydrogen-bond donors (Lipinski definition) is 1. The molecule has 1 heterocycles. The summed E-state index contributed by atoms with van der Waals surface area (Å²) in [6.07, 6.45) is 5.83. The van der Waals surface area contributed by atoms with E-state index < -0.39 is 0 Å². The molecule has 152 valence electrons. The zero-order valence-corrected chi connectivity index (χ0v) is 16.8. The number of unbranched alkanes of at least 4 members (excludes halogenated alkanes) is 3. The zero-order chi connectivity index (χ0) is 19.0. The second-order valence-corrected chi connectivity index (χ2v) is 6.61. The summed E-state index contributed by atoms with van der Waals surface area (Å²) >= 11 is 0. The van der Waals surface area contributed by atoms with Crippen LogP contribution in [0.1, 0.15) is 45.4 Å². The molecule has 1 fully saturated rings. The zero-order valence-electron chi connectivity index (χ0n) is 16.8. The van der Waals surface area contributed by atoms with Crippen molar-refractivity contribution in [2.45, 2.75) is 45.4 Å². The van der Waals surface area contributed by atoms with E-state index in [-0.39, 0.29) is 5.97 Å². The van der Waals surface area contributed by atoms with Gasteiger partial charge >= 0.3 is 5.97 Å². The van der Waals surface area contributed by atoms with Gasteiger partial charge in [-0.3, -0.25) is 9.79 Å². The summed E-state index contributed by atoms with van der Waals surface area (Å²) in [4.78, 5) is 18.0. The summed E-state index contributed by atoms with van der Waals surface area (Å²) in [5.41, 5.74) is 0. The number of aliphatic imine (C=N–C) groups is 1. The van der Waals surface area contributed by atoms with Crippen LogP contribution in [0.5, 0.6) is 0 Å². The maximum absolute atomic E-state index is 11.3. The van der Waals surface area contributed by atoms with Gasteiger partial charge in [0.1, 0.15) is 0 Å². The maximum atomic E-state index is 11.3. The standard InChI is InChI=1S/C19H37N3O4/c1-4-26-18(23)9-7-5-6-8-11-21-19(20-2)22-12-10-17(15-22)16-25-14-13-24-3/h17H,4-16H2,1-3H3,(H,20,21). The molecule has 0 radical (unpaired) electrons. The van der Waals surface area contributed by atoms with Crippen molar-refractivity contribution >= 4 is 11.9 Å². The Morgan fingerprint density at radius 3 is 2.77 bits per heavy atom. The van der Waals surface area contributed by atoms with Crippen molar-refractivity contribution in [1.29, 1.82) is 0 Å². The van der Waals surface area contributed by atoms with Gasteiger partial charge in [0, 0.05) is 46.1 Å². The molecular weight excluding hydrogens is 334 g/mol. The summed E-state index contributed by atoms with van der Waals surface area (Å²) in [6.45, 7) is 7.35. The van der Waals surface area contributed by atoms with Gasteiger partial charge in [-0.2, -0.15) is 0 Å². The molecule has 1 rings (SSSR count). The van der Waals surface area contributed by atoms with Crippen molar-refractivity contribution in [3.63, 3.8) is 0 Å². The number of nitrogens with zero attached hydrogens (tertiary/aromatic N) is 2. The minimum Gasteiger partial charge on any atom is -0.466 e. The first-order chi connectivity index (χ1) is 12.7. The molecule has 0 amide bonds. The number of rotatable bonds is 13. The molecule has 1 unspecified atom stereocenters. The van der Waals surface area contributed by atoms with Crippen LogP contribution in [0.3, 0.4) is 0 Å². The van der Waals surface area contributed by atoms with Crippen LogP contribution >= 0.6 is 0 Å². The van der Waals surface area contributed by atoms with Crippen LogP contribution in [0.2, 0.25) is 0 Å². The van der Waals surface area contributed by atoms with Gasteiger partial charge in [-0.1, -0.05) is 12.8 Å². The van der Waals surface area contributed by atoms with Crippen molar-refractivity contribution in [3.8, 4) is 0 Å². The van der Waals surface area contributed by atoms with Gasteiger partial charge in [0.25, 0.3) is 0 Å². The number of esters is 1. The molecule has 7 nitrogen and oxygen atoms in total. The van der Waals surface area contributed by atoms with Gasteiger partial charge in [0.05, 0.1) is 26.4 Å². The average molecular weight is 372 g/mol. The van der Waals surface area contributed by atoms with E-state index in [0.717, 1.165) is 64.3 Å². The van der Waals surface area contributed by atoms with E-state index in [0.29, 0.717) is 32.2 Å². The summed E-state index contributed by atoms with van der Waals surface area (Å²) in [5, 5.41) is 3.45. The van der Waals surface area contributed by atoms with E-state index in [2.05, 4.69) is 15.2 Å². The molecule has 7 heteroatoms. The second-order valence-electron chi connectivity index (χ2n) is 6.61. The van der Waals surface area contributed by atoms with Crippen LogP contribution in [0, 0.1) is 5.92 Å². The monoisotopic (exact) mass is 371 g/mol. The summed E-state index contributed by atoms with van der Waals surface area (Å²) in [5.74, 6) is 1.46. The normalized spacial score (nSPS) is 17.6. The van der Waals surface area contributed by atoms with E-state index in [1.165, 1.54) is 0 Å². The van der Waals surface area contributed by atoms with Crippen LogP contribution in [-0.4, -0.2) is 77.0 Å². The van der Waals surface area contributed by atoms with E-state index in [1.54, 1.807) is 7.11 Å². The quantitative estimate of drug-likeness (QED) is 0.231. The first kappa shape index (κ1) is 22.7. The third-order valence-corrected chi connectivity index (χ3v) is 4.48. The second kappa shape index (κ2) is 14.8. The van der Waals surface area contributed by atoms with E-state index in [4.69, 9.17) is 14.2 Å². The van der Waals surface area contributed by atoms with Crippen LogP contribution in [0.15, 0.2) is 4.99 Å². The van der Waals surface area contributed by atoms with E-state index in [1.807, 2.05) is 14.0 Å². The van der Waals surface area contributed by atoms with Crippen molar-refractivity contribution in [1.82, 2.24) is 10.2 Å². The Kier molecular flexibility index (Phi) is 12.9. The fourth-order valence-electron chi connectivity index (χ4n) is 3.07. The molecule has 1 N–H and O–H groups in total. The number of guanidine groups is 1. The number of carbonyl (C=O) groups excluding carboxylic acids is 1. The Hall–Kier alpha value is -1.34. The van der Waals surface area contributed by atoms with E-state index >= 15 is 0 Å². The molecule has 0 spiro atoms. The molecule has 0 aromatic carbocycles. The Balaban J connectivity index is 2.07. The number of carbonyl (C=O) groups is 1. The summed E-state index contributed by atoms with van der Waals surface area (Å²) in [7, 11) is 3.53. The highest BCUT2D eigenvalue weighted by atomic mass is 16.5. The Bertz CT molecular complexity index is 404. The average Bonchev–Trinajstić information content (AvgIpc) is 3.10. The third kappa shape index (κ3) is 9.97. The van der Waals surface area contributed by atoms with Crippen molar-refractivity contribution in [3.05, 3.63) is 0 Å². The first-order valence-electron chi connectivity index (χ1n) is 9.89. The van der Waals surface area contributed by atoms with Gasteiger partial charge in [0.2, 0.25) is 0 Å². The molecule has 0 aromatic heterocycles.